The second-order valence-corrected chi connectivity index (χ2v) is 4.62. The molecule has 17 heavy (non-hydrogen) atoms. The zero-order chi connectivity index (χ0) is 13.1. The van der Waals surface area contributed by atoms with Gasteiger partial charge in [-0.15, -0.1) is 0 Å². The standard InChI is InChI=1S/C12H19N3O2/c1-8(2)12(3,7-13)15-11(17)9-4-5-14-6-10(9)16/h4-6,8,16H,7,13H2,1-3H3,(H,15,17). The molecule has 0 aliphatic carbocycles. The number of nitrogens with one attached hydrogen (secondary N) is 1. The van der Waals surface area contributed by atoms with E-state index in [0.717, 1.165) is 0 Å². The number of carbonyl (C=O) groups excluding carboxylic acids is 1. The first kappa shape index (κ1) is 13.4. The number of hydrogen-bond acceptors (Lipinski definition) is 4. The van der Waals surface area contributed by atoms with E-state index in [-0.39, 0.29) is 23.1 Å². The van der Waals surface area contributed by atoms with Crippen molar-refractivity contribution in [1.82, 2.24) is 10.3 Å². The summed E-state index contributed by atoms with van der Waals surface area (Å²) in [5.41, 5.74) is 5.40. The minimum Gasteiger partial charge on any atom is -0.505 e. The summed E-state index contributed by atoms with van der Waals surface area (Å²) in [6.45, 7) is 6.19. The Kier molecular flexibility index (Phi) is 4.07. The van der Waals surface area contributed by atoms with Crippen LogP contribution in [0.25, 0.3) is 0 Å². The van der Waals surface area contributed by atoms with Crippen molar-refractivity contribution in [3.63, 3.8) is 0 Å². The van der Waals surface area contributed by atoms with Crippen molar-refractivity contribution in [1.29, 1.82) is 0 Å². The van der Waals surface area contributed by atoms with Crippen molar-refractivity contribution in [3.05, 3.63) is 24.0 Å². The molecule has 0 aliphatic heterocycles. The zero-order valence-electron chi connectivity index (χ0n) is 10.4. The summed E-state index contributed by atoms with van der Waals surface area (Å²) in [5, 5.41) is 12.4. The van der Waals surface area contributed by atoms with Gasteiger partial charge in [-0.25, -0.2) is 0 Å². The van der Waals surface area contributed by atoms with Crippen LogP contribution in [0.5, 0.6) is 5.75 Å². The van der Waals surface area contributed by atoms with E-state index in [1.165, 1.54) is 18.5 Å². The molecule has 0 aliphatic rings. The summed E-state index contributed by atoms with van der Waals surface area (Å²) in [4.78, 5) is 15.7. The zero-order valence-corrected chi connectivity index (χ0v) is 10.4. The number of amides is 1. The molecule has 4 N–H and O–H groups in total. The number of nitrogens with zero attached hydrogens (tertiary/aromatic N) is 1. The van der Waals surface area contributed by atoms with Crippen molar-refractivity contribution in [2.75, 3.05) is 6.54 Å². The van der Waals surface area contributed by atoms with Gasteiger partial charge in [0, 0.05) is 12.7 Å². The van der Waals surface area contributed by atoms with Crippen LogP contribution in [-0.2, 0) is 0 Å². The lowest BCUT2D eigenvalue weighted by molar-refractivity contribution is 0.0880. The van der Waals surface area contributed by atoms with Crippen LogP contribution >= 0.6 is 0 Å². The van der Waals surface area contributed by atoms with E-state index in [1.54, 1.807) is 0 Å². The molecule has 0 saturated carbocycles. The van der Waals surface area contributed by atoms with Crippen molar-refractivity contribution in [3.8, 4) is 5.75 Å². The SMILES string of the molecule is CC(C)C(C)(CN)NC(=O)c1ccncc1O. The van der Waals surface area contributed by atoms with Gasteiger partial charge in [0.15, 0.2) is 0 Å². The highest BCUT2D eigenvalue weighted by molar-refractivity contribution is 5.97. The largest absolute Gasteiger partial charge is 0.505 e. The Morgan fingerprint density at radius 1 is 1.65 bits per heavy atom. The molecule has 1 aromatic rings. The van der Waals surface area contributed by atoms with E-state index >= 15 is 0 Å². The number of nitrogens with two attached hydrogens (primary N) is 1. The van der Waals surface area contributed by atoms with Gasteiger partial charge in [0.25, 0.3) is 5.91 Å². The molecule has 1 aromatic heterocycles. The molecule has 1 rings (SSSR count). The molecule has 0 radical (unpaired) electrons. The summed E-state index contributed by atoms with van der Waals surface area (Å²) in [5.74, 6) is -0.278. The van der Waals surface area contributed by atoms with Crippen LogP contribution in [0, 0.1) is 5.92 Å². The Morgan fingerprint density at radius 2 is 2.29 bits per heavy atom. The summed E-state index contributed by atoms with van der Waals surface area (Å²) in [6, 6.07) is 1.47. The maximum atomic E-state index is 12.0. The number of carbonyl (C=O) groups is 1. The molecular weight excluding hydrogens is 218 g/mol. The fourth-order valence-corrected chi connectivity index (χ4v) is 1.34. The Bertz CT molecular complexity index is 406. The monoisotopic (exact) mass is 237 g/mol. The Balaban J connectivity index is 2.90. The second kappa shape index (κ2) is 5.14. The highest BCUT2D eigenvalue weighted by atomic mass is 16.3. The van der Waals surface area contributed by atoms with Crippen molar-refractivity contribution < 1.29 is 9.90 Å². The quantitative estimate of drug-likeness (QED) is 0.725. The Labute approximate surface area is 101 Å². The van der Waals surface area contributed by atoms with Crippen molar-refractivity contribution in [2.45, 2.75) is 26.3 Å². The molecule has 0 aromatic carbocycles. The van der Waals surface area contributed by atoms with Crippen LogP contribution in [0.3, 0.4) is 0 Å². The first-order valence-electron chi connectivity index (χ1n) is 5.56. The highest BCUT2D eigenvalue weighted by Gasteiger charge is 2.29. The molecule has 1 heterocycles. The first-order chi connectivity index (χ1) is 7.90. The Morgan fingerprint density at radius 3 is 2.76 bits per heavy atom. The topological polar surface area (TPSA) is 88.2 Å². The van der Waals surface area contributed by atoms with E-state index in [9.17, 15) is 9.90 Å². The minimum absolute atomic E-state index is 0.131. The van der Waals surface area contributed by atoms with Gasteiger partial charge in [0.05, 0.1) is 17.3 Å². The summed E-state index contributed by atoms with van der Waals surface area (Å²) < 4.78 is 0. The molecule has 94 valence electrons. The highest BCUT2D eigenvalue weighted by Crippen LogP contribution is 2.18. The maximum Gasteiger partial charge on any atom is 0.255 e. The maximum absolute atomic E-state index is 12.0. The molecule has 5 heteroatoms. The lowest BCUT2D eigenvalue weighted by Gasteiger charge is -2.33. The third-order valence-corrected chi connectivity index (χ3v) is 3.14. The lowest BCUT2D eigenvalue weighted by Crippen LogP contribution is -2.55. The molecule has 1 amide bonds. The predicted octanol–water partition coefficient (Wildman–Crippen LogP) is 0.890. The summed E-state index contributed by atoms with van der Waals surface area (Å²) >= 11 is 0. The van der Waals surface area contributed by atoms with Gasteiger partial charge in [-0.1, -0.05) is 13.8 Å². The lowest BCUT2D eigenvalue weighted by atomic mass is 9.88. The molecule has 1 unspecified atom stereocenters. The van der Waals surface area contributed by atoms with E-state index in [1.807, 2.05) is 20.8 Å². The van der Waals surface area contributed by atoms with Gasteiger partial charge < -0.3 is 16.2 Å². The van der Waals surface area contributed by atoms with E-state index < -0.39 is 5.54 Å². The van der Waals surface area contributed by atoms with Crippen molar-refractivity contribution in [2.24, 2.45) is 11.7 Å². The third kappa shape index (κ3) is 2.94. The molecule has 0 bridgehead atoms. The third-order valence-electron chi connectivity index (χ3n) is 3.14. The van der Waals surface area contributed by atoms with Crippen LogP contribution in [0.2, 0.25) is 0 Å². The van der Waals surface area contributed by atoms with E-state index in [2.05, 4.69) is 10.3 Å². The number of hydrogen-bond donors (Lipinski definition) is 3. The van der Waals surface area contributed by atoms with Gasteiger partial charge in [0.2, 0.25) is 0 Å². The summed E-state index contributed by atoms with van der Waals surface area (Å²) in [7, 11) is 0. The van der Waals surface area contributed by atoms with Gasteiger partial charge in [-0.3, -0.25) is 9.78 Å². The van der Waals surface area contributed by atoms with Gasteiger partial charge in [-0.2, -0.15) is 0 Å². The van der Waals surface area contributed by atoms with Crippen LogP contribution in [0.4, 0.5) is 0 Å². The van der Waals surface area contributed by atoms with E-state index in [0.29, 0.717) is 6.54 Å². The van der Waals surface area contributed by atoms with Crippen LogP contribution in [0.1, 0.15) is 31.1 Å². The number of pyridine rings is 1. The fourth-order valence-electron chi connectivity index (χ4n) is 1.34. The summed E-state index contributed by atoms with van der Waals surface area (Å²) in [6.07, 6.45) is 2.70. The van der Waals surface area contributed by atoms with Gasteiger partial charge in [0.1, 0.15) is 5.75 Å². The van der Waals surface area contributed by atoms with Crippen molar-refractivity contribution >= 4 is 5.91 Å². The molecule has 0 saturated heterocycles. The van der Waals surface area contributed by atoms with Gasteiger partial charge in [-0.05, 0) is 18.9 Å². The normalized spacial score (nSPS) is 14.4. The van der Waals surface area contributed by atoms with Gasteiger partial charge >= 0.3 is 0 Å². The molecule has 5 nitrogen and oxygen atoms in total. The molecule has 0 fully saturated rings. The molecular formula is C12H19N3O2. The number of aromatic hydroxyl groups is 1. The number of rotatable bonds is 4. The van der Waals surface area contributed by atoms with E-state index in [4.69, 9.17) is 5.73 Å². The van der Waals surface area contributed by atoms with Crippen LogP contribution < -0.4 is 11.1 Å². The first-order valence-corrected chi connectivity index (χ1v) is 5.56. The smallest absolute Gasteiger partial charge is 0.255 e. The predicted molar refractivity (Wildman–Crippen MR) is 65.7 cm³/mol. The molecule has 0 spiro atoms. The minimum atomic E-state index is -0.493. The average Bonchev–Trinajstić information content (AvgIpc) is 2.29. The van der Waals surface area contributed by atoms with Crippen LogP contribution in [0.15, 0.2) is 18.5 Å². The molecule has 1 atom stereocenters. The Hall–Kier alpha value is -1.62. The number of aromatic nitrogens is 1. The fraction of sp³-hybridized carbons (Fsp3) is 0.500. The average molecular weight is 237 g/mol. The van der Waals surface area contributed by atoms with Crippen LogP contribution in [-0.4, -0.2) is 28.1 Å². The second-order valence-electron chi connectivity index (χ2n) is 4.62.